The van der Waals surface area contributed by atoms with Crippen molar-refractivity contribution in [2.24, 2.45) is 5.92 Å². The summed E-state index contributed by atoms with van der Waals surface area (Å²) in [4.78, 5) is 19.9. The summed E-state index contributed by atoms with van der Waals surface area (Å²) in [6.45, 7) is 13.4. The smallest absolute Gasteiger partial charge is 0.225 e. The van der Waals surface area contributed by atoms with Crippen molar-refractivity contribution in [3.05, 3.63) is 0 Å². The molecule has 0 aliphatic carbocycles. The Morgan fingerprint density at radius 1 is 0.864 bits per heavy atom. The van der Waals surface area contributed by atoms with Crippen molar-refractivity contribution in [3.63, 3.8) is 0 Å². The first kappa shape index (κ1) is 17.7. The fourth-order valence-electron chi connectivity index (χ4n) is 3.92. The lowest BCUT2D eigenvalue weighted by Crippen LogP contribution is -2.50. The molecule has 22 heavy (non-hydrogen) atoms. The summed E-state index contributed by atoms with van der Waals surface area (Å²) < 4.78 is 0. The molecule has 0 N–H and O–H groups in total. The third kappa shape index (κ3) is 4.23. The summed E-state index contributed by atoms with van der Waals surface area (Å²) in [6, 6.07) is 1.68. The van der Waals surface area contributed by atoms with E-state index in [0.717, 1.165) is 51.9 Å². The number of carbonyl (C=O) groups excluding carboxylic acids is 1. The molecular formula is C18H35N3O. The molecule has 0 aromatic carbocycles. The van der Waals surface area contributed by atoms with Gasteiger partial charge in [0.15, 0.2) is 0 Å². The van der Waals surface area contributed by atoms with E-state index in [4.69, 9.17) is 0 Å². The first-order valence-corrected chi connectivity index (χ1v) is 9.15. The third-order valence-electron chi connectivity index (χ3n) is 5.73. The topological polar surface area (TPSA) is 26.8 Å². The van der Waals surface area contributed by atoms with Gasteiger partial charge in [-0.05, 0) is 66.5 Å². The van der Waals surface area contributed by atoms with Crippen molar-refractivity contribution in [1.82, 2.24) is 14.7 Å². The molecule has 2 aliphatic heterocycles. The van der Waals surface area contributed by atoms with Crippen LogP contribution in [0.25, 0.3) is 0 Å². The monoisotopic (exact) mass is 309 g/mol. The Morgan fingerprint density at radius 3 is 1.68 bits per heavy atom. The SMILES string of the molecule is CC(C)N1CCC(C(=O)N(C)C2CCN(C(C)C)CC2)CC1. The van der Waals surface area contributed by atoms with Gasteiger partial charge in [0.2, 0.25) is 5.91 Å². The maximum Gasteiger partial charge on any atom is 0.225 e. The molecule has 2 aliphatic rings. The van der Waals surface area contributed by atoms with Crippen LogP contribution in [0.4, 0.5) is 0 Å². The van der Waals surface area contributed by atoms with Crippen molar-refractivity contribution in [1.29, 1.82) is 0 Å². The van der Waals surface area contributed by atoms with E-state index < -0.39 is 0 Å². The van der Waals surface area contributed by atoms with E-state index in [-0.39, 0.29) is 5.92 Å². The number of piperidine rings is 2. The Labute approximate surface area is 136 Å². The first-order chi connectivity index (χ1) is 10.4. The van der Waals surface area contributed by atoms with Gasteiger partial charge in [0, 0.05) is 44.2 Å². The maximum atomic E-state index is 12.8. The lowest BCUT2D eigenvalue weighted by Gasteiger charge is -2.41. The normalized spacial score (nSPS) is 23.4. The predicted molar refractivity (Wildman–Crippen MR) is 91.9 cm³/mol. The fourth-order valence-corrected chi connectivity index (χ4v) is 3.92. The molecule has 0 bridgehead atoms. The molecule has 2 heterocycles. The maximum absolute atomic E-state index is 12.8. The minimum Gasteiger partial charge on any atom is -0.342 e. The molecule has 2 rings (SSSR count). The van der Waals surface area contributed by atoms with Crippen LogP contribution in [0.5, 0.6) is 0 Å². The van der Waals surface area contributed by atoms with Gasteiger partial charge in [-0.3, -0.25) is 4.79 Å². The zero-order valence-electron chi connectivity index (χ0n) is 15.2. The molecule has 0 saturated carbocycles. The highest BCUT2D eigenvalue weighted by atomic mass is 16.2. The Hall–Kier alpha value is -0.610. The van der Waals surface area contributed by atoms with E-state index in [1.54, 1.807) is 0 Å². The number of hydrogen-bond donors (Lipinski definition) is 0. The van der Waals surface area contributed by atoms with E-state index in [1.165, 1.54) is 0 Å². The van der Waals surface area contributed by atoms with Gasteiger partial charge in [0.1, 0.15) is 0 Å². The summed E-state index contributed by atoms with van der Waals surface area (Å²) in [5, 5.41) is 0. The van der Waals surface area contributed by atoms with Gasteiger partial charge in [0.25, 0.3) is 0 Å². The van der Waals surface area contributed by atoms with Crippen LogP contribution in [0.15, 0.2) is 0 Å². The third-order valence-corrected chi connectivity index (χ3v) is 5.73. The van der Waals surface area contributed by atoms with Crippen LogP contribution in [0, 0.1) is 5.92 Å². The van der Waals surface area contributed by atoms with Gasteiger partial charge in [-0.2, -0.15) is 0 Å². The van der Waals surface area contributed by atoms with Crippen LogP contribution >= 0.6 is 0 Å². The molecule has 0 radical (unpaired) electrons. The summed E-state index contributed by atoms with van der Waals surface area (Å²) in [5.74, 6) is 0.648. The quantitative estimate of drug-likeness (QED) is 0.798. The zero-order chi connectivity index (χ0) is 16.3. The molecular weight excluding hydrogens is 274 g/mol. The number of likely N-dealkylation sites (tertiary alicyclic amines) is 2. The molecule has 4 nitrogen and oxygen atoms in total. The van der Waals surface area contributed by atoms with Crippen LogP contribution < -0.4 is 0 Å². The van der Waals surface area contributed by atoms with Crippen LogP contribution in [-0.4, -0.2) is 72.0 Å². The average molecular weight is 309 g/mol. The molecule has 4 heteroatoms. The standard InChI is InChI=1S/C18H35N3O/c1-14(2)20-10-6-16(7-11-20)18(22)19(5)17-8-12-21(13-9-17)15(3)4/h14-17H,6-13H2,1-5H3. The molecule has 2 saturated heterocycles. The van der Waals surface area contributed by atoms with Gasteiger partial charge in [0.05, 0.1) is 0 Å². The Bertz CT molecular complexity index is 353. The Balaban J connectivity index is 1.81. The Morgan fingerprint density at radius 2 is 1.27 bits per heavy atom. The summed E-state index contributed by atoms with van der Waals surface area (Å²) >= 11 is 0. The van der Waals surface area contributed by atoms with E-state index in [9.17, 15) is 4.79 Å². The number of carbonyl (C=O) groups is 1. The highest BCUT2D eigenvalue weighted by Crippen LogP contribution is 2.24. The fraction of sp³-hybridized carbons (Fsp3) is 0.944. The number of rotatable bonds is 4. The molecule has 0 unspecified atom stereocenters. The van der Waals surface area contributed by atoms with Crippen LogP contribution in [0.2, 0.25) is 0 Å². The van der Waals surface area contributed by atoms with Crippen LogP contribution in [0.1, 0.15) is 53.4 Å². The van der Waals surface area contributed by atoms with Gasteiger partial charge in [-0.1, -0.05) is 0 Å². The molecule has 0 atom stereocenters. The highest BCUT2D eigenvalue weighted by molar-refractivity contribution is 5.79. The lowest BCUT2D eigenvalue weighted by molar-refractivity contribution is -0.139. The number of amides is 1. The van der Waals surface area contributed by atoms with E-state index >= 15 is 0 Å². The minimum absolute atomic E-state index is 0.253. The van der Waals surface area contributed by atoms with Crippen molar-refractivity contribution in [2.45, 2.75) is 71.5 Å². The first-order valence-electron chi connectivity index (χ1n) is 9.15. The molecule has 0 aromatic heterocycles. The van der Waals surface area contributed by atoms with E-state index in [1.807, 2.05) is 7.05 Å². The summed E-state index contributed by atoms with van der Waals surface area (Å²) in [6.07, 6.45) is 4.33. The second kappa shape index (κ2) is 7.78. The molecule has 0 aromatic rings. The van der Waals surface area contributed by atoms with Gasteiger partial charge in [-0.15, -0.1) is 0 Å². The molecule has 128 valence electrons. The van der Waals surface area contributed by atoms with Crippen LogP contribution in [0.3, 0.4) is 0 Å². The second-order valence-electron chi connectivity index (χ2n) is 7.71. The second-order valence-corrected chi connectivity index (χ2v) is 7.71. The van der Waals surface area contributed by atoms with Gasteiger partial charge >= 0.3 is 0 Å². The molecule has 0 spiro atoms. The zero-order valence-corrected chi connectivity index (χ0v) is 15.2. The van der Waals surface area contributed by atoms with Crippen molar-refractivity contribution >= 4 is 5.91 Å². The summed E-state index contributed by atoms with van der Waals surface area (Å²) in [7, 11) is 2.03. The predicted octanol–water partition coefficient (Wildman–Crippen LogP) is 2.44. The minimum atomic E-state index is 0.253. The molecule has 2 fully saturated rings. The van der Waals surface area contributed by atoms with Gasteiger partial charge in [-0.25, -0.2) is 0 Å². The highest BCUT2D eigenvalue weighted by Gasteiger charge is 2.32. The molecule has 1 amide bonds. The lowest BCUT2D eigenvalue weighted by atomic mass is 9.93. The number of nitrogens with zero attached hydrogens (tertiary/aromatic N) is 3. The van der Waals surface area contributed by atoms with E-state index in [2.05, 4.69) is 42.4 Å². The van der Waals surface area contributed by atoms with Crippen molar-refractivity contribution < 1.29 is 4.79 Å². The van der Waals surface area contributed by atoms with Crippen molar-refractivity contribution in [3.8, 4) is 0 Å². The number of hydrogen-bond acceptors (Lipinski definition) is 3. The van der Waals surface area contributed by atoms with Crippen molar-refractivity contribution in [2.75, 3.05) is 33.2 Å². The summed E-state index contributed by atoms with van der Waals surface area (Å²) in [5.41, 5.74) is 0. The van der Waals surface area contributed by atoms with Crippen LogP contribution in [-0.2, 0) is 4.79 Å². The largest absolute Gasteiger partial charge is 0.342 e. The Kier molecular flexibility index (Phi) is 6.27. The van der Waals surface area contributed by atoms with E-state index in [0.29, 0.717) is 24.0 Å². The average Bonchev–Trinajstić information content (AvgIpc) is 2.53. The van der Waals surface area contributed by atoms with Gasteiger partial charge < -0.3 is 14.7 Å².